The molecule has 3 atom stereocenters. The van der Waals surface area contributed by atoms with E-state index >= 15 is 0 Å². The minimum atomic E-state index is -0.995. The molecule has 0 unspecified atom stereocenters. The molecule has 3 aromatic rings. The minimum absolute atomic E-state index is 0.181. The normalized spacial score (nSPS) is 17.4. The van der Waals surface area contributed by atoms with Crippen LogP contribution in [0.5, 0.6) is 5.75 Å². The lowest BCUT2D eigenvalue weighted by molar-refractivity contribution is -0.0950. The fraction of sp³-hybridized carbons (Fsp3) is 0.419. The van der Waals surface area contributed by atoms with Gasteiger partial charge in [-0.05, 0) is 46.7 Å². The third-order valence-electron chi connectivity index (χ3n) is 6.73. The zero-order valence-electron chi connectivity index (χ0n) is 21.9. The SMILES string of the molecule is COc1ccc(C2(C[C@H](C[C@H](OCc3ccccc3)[C@H](O)CO)OCc3ccccc3)SCCCS2)cc1. The summed E-state index contributed by atoms with van der Waals surface area (Å²) in [6.45, 7) is 0.471. The highest BCUT2D eigenvalue weighted by molar-refractivity contribution is 8.18. The molecular weight excluding hydrogens is 516 g/mol. The molecule has 1 saturated heterocycles. The molecule has 0 aromatic heterocycles. The Bertz CT molecular complexity index is 1060. The largest absolute Gasteiger partial charge is 0.497 e. The van der Waals surface area contributed by atoms with Crippen LogP contribution in [-0.2, 0) is 26.8 Å². The zero-order chi connectivity index (χ0) is 26.6. The van der Waals surface area contributed by atoms with Crippen molar-refractivity contribution in [3.05, 3.63) is 102 Å². The van der Waals surface area contributed by atoms with Gasteiger partial charge in [-0.2, -0.15) is 0 Å². The molecular formula is C31H38O5S2. The van der Waals surface area contributed by atoms with E-state index in [0.717, 1.165) is 34.8 Å². The highest BCUT2D eigenvalue weighted by Gasteiger charge is 2.39. The molecule has 0 saturated carbocycles. The van der Waals surface area contributed by atoms with Crippen LogP contribution >= 0.6 is 23.5 Å². The van der Waals surface area contributed by atoms with E-state index in [4.69, 9.17) is 14.2 Å². The number of aliphatic hydroxyl groups excluding tert-OH is 2. The Kier molecular flexibility index (Phi) is 11.4. The third-order valence-corrected chi connectivity index (χ3v) is 10.2. The summed E-state index contributed by atoms with van der Waals surface area (Å²) in [5, 5.41) is 20.6. The van der Waals surface area contributed by atoms with E-state index in [2.05, 4.69) is 24.3 Å². The van der Waals surface area contributed by atoms with E-state index in [0.29, 0.717) is 19.6 Å². The number of aliphatic hydroxyl groups is 2. The first-order valence-electron chi connectivity index (χ1n) is 13.1. The van der Waals surface area contributed by atoms with Crippen LogP contribution in [0.1, 0.15) is 36.0 Å². The van der Waals surface area contributed by atoms with E-state index in [9.17, 15) is 10.2 Å². The second-order valence-electron chi connectivity index (χ2n) is 9.48. The maximum atomic E-state index is 10.7. The summed E-state index contributed by atoms with van der Waals surface area (Å²) in [5.74, 6) is 3.00. The lowest BCUT2D eigenvalue weighted by atomic mass is 9.99. The fourth-order valence-corrected chi connectivity index (χ4v) is 8.08. The Balaban J connectivity index is 1.57. The Labute approximate surface area is 234 Å². The first-order chi connectivity index (χ1) is 18.6. The van der Waals surface area contributed by atoms with Crippen molar-refractivity contribution in [2.75, 3.05) is 25.2 Å². The number of methoxy groups -OCH3 is 1. The van der Waals surface area contributed by atoms with Crippen LogP contribution in [-0.4, -0.2) is 53.7 Å². The minimum Gasteiger partial charge on any atom is -0.497 e. The van der Waals surface area contributed by atoms with Gasteiger partial charge in [-0.1, -0.05) is 72.8 Å². The standard InChI is InChI=1S/C31H38O5S2/c1-34-27-15-13-26(14-16-27)31(37-17-8-18-38-31)20-28(35-22-24-9-4-2-5-10-24)19-30(29(33)21-32)36-23-25-11-6-3-7-12-25/h2-7,9-16,28-30,32-33H,8,17-23H2,1H3/t28-,29+,30-/m0/s1. The van der Waals surface area contributed by atoms with E-state index in [1.165, 1.54) is 12.0 Å². The molecule has 38 heavy (non-hydrogen) atoms. The van der Waals surface area contributed by atoms with E-state index in [1.54, 1.807) is 7.11 Å². The average Bonchev–Trinajstić information content (AvgIpc) is 2.99. The number of hydrogen-bond acceptors (Lipinski definition) is 7. The molecule has 0 amide bonds. The van der Waals surface area contributed by atoms with Crippen molar-refractivity contribution in [2.24, 2.45) is 0 Å². The molecule has 4 rings (SSSR count). The highest BCUT2D eigenvalue weighted by atomic mass is 32.2. The molecule has 1 heterocycles. The maximum Gasteiger partial charge on any atom is 0.118 e. The van der Waals surface area contributed by atoms with E-state index < -0.39 is 12.2 Å². The summed E-state index contributed by atoms with van der Waals surface area (Å²) in [6.07, 6.45) is 0.648. The molecule has 204 valence electrons. The predicted molar refractivity (Wildman–Crippen MR) is 157 cm³/mol. The molecule has 7 heteroatoms. The Hall–Kier alpha value is -2.00. The third kappa shape index (κ3) is 8.25. The molecule has 1 aliphatic heterocycles. The van der Waals surface area contributed by atoms with Crippen LogP contribution in [0.2, 0.25) is 0 Å². The average molecular weight is 555 g/mol. The van der Waals surface area contributed by atoms with Gasteiger partial charge in [0.2, 0.25) is 0 Å². The van der Waals surface area contributed by atoms with Gasteiger partial charge in [-0.25, -0.2) is 0 Å². The topological polar surface area (TPSA) is 68.2 Å². The number of thioether (sulfide) groups is 2. The molecule has 0 radical (unpaired) electrons. The molecule has 1 aliphatic rings. The van der Waals surface area contributed by atoms with Gasteiger partial charge in [0.1, 0.15) is 11.9 Å². The van der Waals surface area contributed by atoms with Crippen LogP contribution in [0.15, 0.2) is 84.9 Å². The quantitative estimate of drug-likeness (QED) is 0.252. The predicted octanol–water partition coefficient (Wildman–Crippen LogP) is 6.02. The highest BCUT2D eigenvalue weighted by Crippen LogP contribution is 2.54. The van der Waals surface area contributed by atoms with E-state index in [1.807, 2.05) is 84.2 Å². The van der Waals surface area contributed by atoms with Crippen molar-refractivity contribution in [3.8, 4) is 5.75 Å². The molecule has 0 spiro atoms. The molecule has 0 bridgehead atoms. The number of rotatable bonds is 14. The summed E-state index contributed by atoms with van der Waals surface area (Å²) in [6, 6.07) is 28.4. The first kappa shape index (κ1) is 29.0. The van der Waals surface area contributed by atoms with Gasteiger partial charge in [-0.3, -0.25) is 0 Å². The summed E-state index contributed by atoms with van der Waals surface area (Å²) in [7, 11) is 1.68. The Morgan fingerprint density at radius 3 is 1.95 bits per heavy atom. The number of ether oxygens (including phenoxy) is 3. The summed E-state index contributed by atoms with van der Waals surface area (Å²) in [5.41, 5.74) is 3.37. The summed E-state index contributed by atoms with van der Waals surface area (Å²) < 4.78 is 18.0. The van der Waals surface area contributed by atoms with Crippen LogP contribution in [0, 0.1) is 0 Å². The second-order valence-corrected chi connectivity index (χ2v) is 12.5. The van der Waals surface area contributed by atoms with E-state index in [-0.39, 0.29) is 16.8 Å². The number of benzene rings is 3. The van der Waals surface area contributed by atoms with Gasteiger partial charge < -0.3 is 24.4 Å². The van der Waals surface area contributed by atoms with Crippen molar-refractivity contribution < 1.29 is 24.4 Å². The summed E-state index contributed by atoms with van der Waals surface area (Å²) >= 11 is 3.94. The fourth-order valence-electron chi connectivity index (χ4n) is 4.61. The molecule has 1 fully saturated rings. The molecule has 5 nitrogen and oxygen atoms in total. The zero-order valence-corrected chi connectivity index (χ0v) is 23.5. The summed E-state index contributed by atoms with van der Waals surface area (Å²) in [4.78, 5) is 0. The lowest BCUT2D eigenvalue weighted by Crippen LogP contribution is -2.38. The van der Waals surface area contributed by atoms with Gasteiger partial charge in [0, 0.05) is 12.8 Å². The van der Waals surface area contributed by atoms with Crippen molar-refractivity contribution in [1.29, 1.82) is 0 Å². The molecule has 2 N–H and O–H groups in total. The van der Waals surface area contributed by atoms with Crippen LogP contribution in [0.25, 0.3) is 0 Å². The monoisotopic (exact) mass is 554 g/mol. The Morgan fingerprint density at radius 1 is 0.816 bits per heavy atom. The van der Waals surface area contributed by atoms with Crippen molar-refractivity contribution in [2.45, 2.75) is 54.9 Å². The van der Waals surface area contributed by atoms with Gasteiger partial charge in [0.05, 0.1) is 43.2 Å². The van der Waals surface area contributed by atoms with Gasteiger partial charge in [0.25, 0.3) is 0 Å². The van der Waals surface area contributed by atoms with Crippen molar-refractivity contribution >= 4 is 23.5 Å². The van der Waals surface area contributed by atoms with Crippen LogP contribution in [0.3, 0.4) is 0 Å². The second kappa shape index (κ2) is 15.0. The van der Waals surface area contributed by atoms with Gasteiger partial charge >= 0.3 is 0 Å². The maximum absolute atomic E-state index is 10.7. The smallest absolute Gasteiger partial charge is 0.118 e. The lowest BCUT2D eigenvalue weighted by Gasteiger charge is -2.40. The van der Waals surface area contributed by atoms with Gasteiger partial charge in [-0.15, -0.1) is 23.5 Å². The number of hydrogen-bond donors (Lipinski definition) is 2. The van der Waals surface area contributed by atoms with Crippen LogP contribution in [0.4, 0.5) is 0 Å². The van der Waals surface area contributed by atoms with Crippen LogP contribution < -0.4 is 4.74 Å². The Morgan fingerprint density at radius 2 is 1.39 bits per heavy atom. The van der Waals surface area contributed by atoms with Crippen molar-refractivity contribution in [3.63, 3.8) is 0 Å². The molecule has 0 aliphatic carbocycles. The van der Waals surface area contributed by atoms with Gasteiger partial charge in [0.15, 0.2) is 0 Å². The molecule has 3 aromatic carbocycles. The first-order valence-corrected chi connectivity index (χ1v) is 15.1. The van der Waals surface area contributed by atoms with Crippen molar-refractivity contribution in [1.82, 2.24) is 0 Å².